The van der Waals surface area contributed by atoms with E-state index in [1.807, 2.05) is 13.0 Å². The first-order chi connectivity index (χ1) is 15.0. The Morgan fingerprint density at radius 1 is 1.19 bits per heavy atom. The number of hydrogen-bond acceptors (Lipinski definition) is 6. The van der Waals surface area contributed by atoms with Crippen LogP contribution in [-0.2, 0) is 4.74 Å². The van der Waals surface area contributed by atoms with Gasteiger partial charge in [-0.25, -0.2) is 0 Å². The van der Waals surface area contributed by atoms with Gasteiger partial charge >= 0.3 is 0 Å². The van der Waals surface area contributed by atoms with Crippen LogP contribution in [-0.4, -0.2) is 60.1 Å². The van der Waals surface area contributed by atoms with Gasteiger partial charge < -0.3 is 14.1 Å². The molecular formula is C23H22ClN3O4. The number of aryl methyl sites for hydroxylation is 1. The summed E-state index contributed by atoms with van der Waals surface area (Å²) in [5.41, 5.74) is 2.07. The Balaban J connectivity index is 1.61. The number of pyridine rings is 1. The summed E-state index contributed by atoms with van der Waals surface area (Å²) in [5, 5.41) is 0.872. The van der Waals surface area contributed by atoms with E-state index < -0.39 is 6.04 Å². The summed E-state index contributed by atoms with van der Waals surface area (Å²) >= 11 is 6.27. The van der Waals surface area contributed by atoms with Crippen LogP contribution in [0.25, 0.3) is 11.0 Å². The van der Waals surface area contributed by atoms with E-state index in [-0.39, 0.29) is 17.1 Å². The van der Waals surface area contributed by atoms with Crippen molar-refractivity contribution < 1.29 is 13.9 Å². The van der Waals surface area contributed by atoms with Crippen molar-refractivity contribution in [1.82, 2.24) is 14.8 Å². The average Bonchev–Trinajstić information content (AvgIpc) is 3.07. The topological polar surface area (TPSA) is 75.9 Å². The largest absolute Gasteiger partial charge is 0.450 e. The molecule has 1 unspecified atom stereocenters. The molecule has 0 bridgehead atoms. The second-order valence-corrected chi connectivity index (χ2v) is 8.32. The molecule has 1 atom stereocenters. The molecule has 2 aliphatic heterocycles. The third kappa shape index (κ3) is 3.52. The van der Waals surface area contributed by atoms with Gasteiger partial charge in [0.25, 0.3) is 5.91 Å². The molecule has 0 saturated carbocycles. The molecule has 0 N–H and O–H groups in total. The number of nitrogens with zero attached hydrogens (tertiary/aromatic N) is 3. The normalized spacial score (nSPS) is 19.2. The van der Waals surface area contributed by atoms with Crippen LogP contribution in [0.1, 0.15) is 33.3 Å². The maximum Gasteiger partial charge on any atom is 0.290 e. The molecule has 1 amide bonds. The fourth-order valence-corrected chi connectivity index (χ4v) is 4.49. The smallest absolute Gasteiger partial charge is 0.290 e. The molecule has 0 radical (unpaired) electrons. The van der Waals surface area contributed by atoms with Crippen LogP contribution in [0.15, 0.2) is 45.9 Å². The lowest BCUT2D eigenvalue weighted by Crippen LogP contribution is -2.42. The van der Waals surface area contributed by atoms with Gasteiger partial charge in [-0.15, -0.1) is 0 Å². The number of ether oxygens (including phenoxy) is 1. The monoisotopic (exact) mass is 439 g/mol. The number of fused-ring (bicyclic) bond motifs is 2. The first kappa shape index (κ1) is 20.2. The molecule has 0 spiro atoms. The predicted octanol–water partition coefficient (Wildman–Crippen LogP) is 3.03. The zero-order chi connectivity index (χ0) is 21.5. The SMILES string of the molecule is Cc1cc2oc3c(c(=O)c2cc1Cl)C(c1cccnc1)N(CCN1CCOCC1)C3=O. The first-order valence-corrected chi connectivity index (χ1v) is 10.7. The van der Waals surface area contributed by atoms with Crippen molar-refractivity contribution in [3.63, 3.8) is 0 Å². The van der Waals surface area contributed by atoms with Crippen molar-refractivity contribution >= 4 is 28.5 Å². The lowest BCUT2D eigenvalue weighted by Gasteiger charge is -2.30. The van der Waals surface area contributed by atoms with Gasteiger partial charge in [0.2, 0.25) is 5.76 Å². The van der Waals surface area contributed by atoms with Crippen LogP contribution in [0.4, 0.5) is 0 Å². The van der Waals surface area contributed by atoms with Crippen LogP contribution in [0.5, 0.6) is 0 Å². The summed E-state index contributed by atoms with van der Waals surface area (Å²) in [7, 11) is 0. The van der Waals surface area contributed by atoms with Crippen LogP contribution < -0.4 is 5.43 Å². The molecule has 160 valence electrons. The van der Waals surface area contributed by atoms with Crippen molar-refractivity contribution in [1.29, 1.82) is 0 Å². The van der Waals surface area contributed by atoms with Crippen LogP contribution in [0.2, 0.25) is 5.02 Å². The van der Waals surface area contributed by atoms with E-state index in [0.717, 1.165) is 24.2 Å². The van der Waals surface area contributed by atoms with Crippen LogP contribution in [0, 0.1) is 6.92 Å². The van der Waals surface area contributed by atoms with Crippen LogP contribution >= 0.6 is 11.6 Å². The molecule has 1 saturated heterocycles. The molecule has 0 aliphatic carbocycles. The molecule has 2 aromatic heterocycles. The number of benzene rings is 1. The van der Waals surface area contributed by atoms with Gasteiger partial charge in [-0.3, -0.25) is 19.5 Å². The van der Waals surface area contributed by atoms with E-state index in [2.05, 4.69) is 9.88 Å². The summed E-state index contributed by atoms with van der Waals surface area (Å²) in [6.45, 7) is 6.02. The van der Waals surface area contributed by atoms with E-state index >= 15 is 0 Å². The lowest BCUT2D eigenvalue weighted by atomic mass is 9.99. The molecular weight excluding hydrogens is 418 g/mol. The predicted molar refractivity (Wildman–Crippen MR) is 117 cm³/mol. The number of aromatic nitrogens is 1. The fourth-order valence-electron chi connectivity index (χ4n) is 4.33. The zero-order valence-corrected chi connectivity index (χ0v) is 17.9. The van der Waals surface area contributed by atoms with Crippen molar-refractivity contribution in [3.8, 4) is 0 Å². The number of hydrogen-bond donors (Lipinski definition) is 0. The quantitative estimate of drug-likeness (QED) is 0.622. The highest BCUT2D eigenvalue weighted by molar-refractivity contribution is 6.32. The van der Waals surface area contributed by atoms with Gasteiger partial charge in [0.15, 0.2) is 5.43 Å². The standard InChI is InChI=1S/C23H22ClN3O4/c1-14-11-18-16(12-17(14)24)21(28)19-20(15-3-2-4-25-13-15)27(23(29)22(19)31-18)6-5-26-7-9-30-10-8-26/h2-4,11-13,20H,5-10H2,1H3. The highest BCUT2D eigenvalue weighted by Crippen LogP contribution is 2.38. The second kappa shape index (κ2) is 8.07. The molecule has 1 fully saturated rings. The highest BCUT2D eigenvalue weighted by Gasteiger charge is 2.42. The minimum absolute atomic E-state index is 0.107. The molecule has 2 aliphatic rings. The molecule has 31 heavy (non-hydrogen) atoms. The van der Waals surface area contributed by atoms with Crippen molar-refractivity contribution in [2.75, 3.05) is 39.4 Å². The molecule has 3 aromatic rings. The van der Waals surface area contributed by atoms with Gasteiger partial charge in [-0.2, -0.15) is 0 Å². The van der Waals surface area contributed by atoms with Crippen molar-refractivity contribution in [3.05, 3.63) is 74.4 Å². The molecule has 7 nitrogen and oxygen atoms in total. The summed E-state index contributed by atoms with van der Waals surface area (Å²) in [4.78, 5) is 35.1. The molecule has 4 heterocycles. The summed E-state index contributed by atoms with van der Waals surface area (Å²) in [5.74, 6) is -0.168. The van der Waals surface area contributed by atoms with E-state index in [4.69, 9.17) is 20.8 Å². The van der Waals surface area contributed by atoms with Gasteiger partial charge in [-0.1, -0.05) is 17.7 Å². The zero-order valence-electron chi connectivity index (χ0n) is 17.1. The second-order valence-electron chi connectivity index (χ2n) is 7.91. The Bertz CT molecular complexity index is 1200. The Kier molecular flexibility index (Phi) is 5.25. The highest BCUT2D eigenvalue weighted by atomic mass is 35.5. The van der Waals surface area contributed by atoms with E-state index in [0.29, 0.717) is 47.9 Å². The molecule has 8 heteroatoms. The minimum atomic E-state index is -0.544. The number of carbonyl (C=O) groups excluding carboxylic acids is 1. The van der Waals surface area contributed by atoms with E-state index in [1.54, 1.807) is 35.5 Å². The summed E-state index contributed by atoms with van der Waals surface area (Å²) in [6.07, 6.45) is 3.37. The Morgan fingerprint density at radius 2 is 2.00 bits per heavy atom. The lowest BCUT2D eigenvalue weighted by molar-refractivity contribution is 0.0314. The minimum Gasteiger partial charge on any atom is -0.450 e. The Labute approximate surface area is 184 Å². The van der Waals surface area contributed by atoms with Crippen molar-refractivity contribution in [2.45, 2.75) is 13.0 Å². The number of morpholine rings is 1. The third-order valence-corrected chi connectivity index (χ3v) is 6.42. The van der Waals surface area contributed by atoms with E-state index in [1.165, 1.54) is 0 Å². The van der Waals surface area contributed by atoms with Crippen LogP contribution in [0.3, 0.4) is 0 Å². The van der Waals surface area contributed by atoms with Gasteiger partial charge in [-0.05, 0) is 36.2 Å². The van der Waals surface area contributed by atoms with Gasteiger partial charge in [0.05, 0.1) is 30.2 Å². The number of rotatable bonds is 4. The molecule has 1 aromatic carbocycles. The Morgan fingerprint density at radius 3 is 2.74 bits per heavy atom. The maximum atomic E-state index is 13.5. The number of amides is 1. The van der Waals surface area contributed by atoms with E-state index in [9.17, 15) is 9.59 Å². The average molecular weight is 440 g/mol. The molecule has 5 rings (SSSR count). The van der Waals surface area contributed by atoms with Gasteiger partial charge in [0.1, 0.15) is 5.58 Å². The third-order valence-electron chi connectivity index (χ3n) is 6.01. The first-order valence-electron chi connectivity index (χ1n) is 10.3. The number of carbonyl (C=O) groups is 1. The summed E-state index contributed by atoms with van der Waals surface area (Å²) < 4.78 is 11.4. The number of halogens is 1. The van der Waals surface area contributed by atoms with Crippen molar-refractivity contribution in [2.24, 2.45) is 0 Å². The van der Waals surface area contributed by atoms with Gasteiger partial charge in [0, 0.05) is 43.6 Å². The fraction of sp³-hybridized carbons (Fsp3) is 0.348. The maximum absolute atomic E-state index is 13.5. The summed E-state index contributed by atoms with van der Waals surface area (Å²) in [6, 6.07) is 6.48. The Hall–Kier alpha value is -2.74.